The number of benzene rings is 1. The predicted octanol–water partition coefficient (Wildman–Crippen LogP) is 2.17. The van der Waals surface area contributed by atoms with E-state index in [-0.39, 0.29) is 0 Å². The van der Waals surface area contributed by atoms with E-state index in [4.69, 9.17) is 5.73 Å². The molecule has 0 radical (unpaired) electrons. The number of imidazole rings is 1. The third kappa shape index (κ3) is 2.61. The average molecular weight is 219 g/mol. The monoisotopic (exact) mass is 219 g/mol. The third-order valence-corrected chi connectivity index (χ3v) is 2.81. The molecule has 3 N–H and O–H groups in total. The van der Waals surface area contributed by atoms with Crippen LogP contribution < -0.4 is 5.73 Å². The maximum absolute atomic E-state index is 5.35. The fourth-order valence-corrected chi connectivity index (χ4v) is 2.02. The fraction of sp³-hybridized carbons (Fsp3) is 0.182. The van der Waals surface area contributed by atoms with Crippen LogP contribution in [0.3, 0.4) is 0 Å². The molecule has 0 bridgehead atoms. The van der Waals surface area contributed by atoms with Gasteiger partial charge in [-0.2, -0.15) is 0 Å². The van der Waals surface area contributed by atoms with E-state index in [1.807, 2.05) is 30.3 Å². The van der Waals surface area contributed by atoms with E-state index in [2.05, 4.69) is 16.0 Å². The Hall–Kier alpha value is -1.26. The zero-order chi connectivity index (χ0) is 10.5. The highest BCUT2D eigenvalue weighted by Crippen LogP contribution is 2.18. The van der Waals surface area contributed by atoms with Crippen molar-refractivity contribution in [3.05, 3.63) is 36.4 Å². The summed E-state index contributed by atoms with van der Waals surface area (Å²) in [6.07, 6.45) is 4.01. The maximum Gasteiger partial charge on any atom is 0.166 e. The second-order valence-electron chi connectivity index (χ2n) is 3.08. The first kappa shape index (κ1) is 10.3. The van der Waals surface area contributed by atoms with Crippen LogP contribution in [0.2, 0.25) is 0 Å². The molecule has 0 aliphatic heterocycles. The van der Waals surface area contributed by atoms with E-state index < -0.39 is 0 Å². The van der Waals surface area contributed by atoms with Gasteiger partial charge in [0.25, 0.3) is 0 Å². The molecule has 1 aromatic heterocycles. The Bertz CT molecular complexity index is 429. The number of fused-ring (bicyclic) bond motifs is 1. The molecule has 0 spiro atoms. The largest absolute Gasteiger partial charge is 0.333 e. The molecular formula is C11H13N3S. The van der Waals surface area contributed by atoms with Crippen LogP contribution in [-0.2, 0) is 0 Å². The summed E-state index contributed by atoms with van der Waals surface area (Å²) in [6.45, 7) is 0.598. The lowest BCUT2D eigenvalue weighted by Crippen LogP contribution is -1.92. The summed E-state index contributed by atoms with van der Waals surface area (Å²) in [5, 5.41) is 0.956. The summed E-state index contributed by atoms with van der Waals surface area (Å²) in [6, 6.07) is 8.03. The number of rotatable bonds is 4. The van der Waals surface area contributed by atoms with Crippen molar-refractivity contribution in [2.45, 2.75) is 5.16 Å². The van der Waals surface area contributed by atoms with E-state index in [0.29, 0.717) is 6.54 Å². The molecule has 0 saturated heterocycles. The molecule has 0 aliphatic carbocycles. The van der Waals surface area contributed by atoms with Gasteiger partial charge in [0.15, 0.2) is 5.16 Å². The minimum absolute atomic E-state index is 0.598. The van der Waals surface area contributed by atoms with Gasteiger partial charge in [-0.3, -0.25) is 0 Å². The number of nitrogens with zero attached hydrogens (tertiary/aromatic N) is 1. The third-order valence-electron chi connectivity index (χ3n) is 1.99. The molecule has 2 rings (SSSR count). The maximum atomic E-state index is 5.35. The van der Waals surface area contributed by atoms with Crippen LogP contribution in [0.25, 0.3) is 11.0 Å². The SMILES string of the molecule is NCC=CCSc1nc2ccccc2[nH]1. The summed E-state index contributed by atoms with van der Waals surface area (Å²) in [5.74, 6) is 0.900. The first-order valence-corrected chi connectivity index (χ1v) is 5.81. The van der Waals surface area contributed by atoms with Gasteiger partial charge >= 0.3 is 0 Å². The quantitative estimate of drug-likeness (QED) is 0.612. The van der Waals surface area contributed by atoms with Gasteiger partial charge < -0.3 is 10.7 Å². The standard InChI is InChI=1S/C11H13N3S/c12-7-3-4-8-15-11-13-9-5-1-2-6-10(9)14-11/h1-6H,7-8,12H2,(H,13,14). The Morgan fingerprint density at radius 3 is 3.00 bits per heavy atom. The van der Waals surface area contributed by atoms with Gasteiger partial charge in [-0.05, 0) is 12.1 Å². The van der Waals surface area contributed by atoms with Crippen LogP contribution in [0.1, 0.15) is 0 Å². The van der Waals surface area contributed by atoms with Crippen molar-refractivity contribution >= 4 is 22.8 Å². The van der Waals surface area contributed by atoms with Gasteiger partial charge in [-0.1, -0.05) is 36.0 Å². The van der Waals surface area contributed by atoms with Crippen molar-refractivity contribution in [2.24, 2.45) is 5.73 Å². The van der Waals surface area contributed by atoms with Gasteiger partial charge in [-0.15, -0.1) is 0 Å². The lowest BCUT2D eigenvalue weighted by atomic mass is 10.3. The molecule has 0 amide bonds. The number of H-pyrrole nitrogens is 1. The molecule has 0 fully saturated rings. The second kappa shape index (κ2) is 5.00. The molecule has 0 aliphatic rings. The zero-order valence-corrected chi connectivity index (χ0v) is 9.13. The smallest absolute Gasteiger partial charge is 0.166 e. The number of thioether (sulfide) groups is 1. The Labute approximate surface area is 92.8 Å². The van der Waals surface area contributed by atoms with Gasteiger partial charge in [-0.25, -0.2) is 4.98 Å². The minimum Gasteiger partial charge on any atom is -0.333 e. The molecule has 2 aromatic rings. The first-order valence-electron chi connectivity index (χ1n) is 4.83. The van der Waals surface area contributed by atoms with Gasteiger partial charge in [0, 0.05) is 12.3 Å². The molecule has 0 saturated carbocycles. The minimum atomic E-state index is 0.598. The van der Waals surface area contributed by atoms with Crippen molar-refractivity contribution in [3.63, 3.8) is 0 Å². The molecule has 1 aromatic carbocycles. The molecule has 15 heavy (non-hydrogen) atoms. The van der Waals surface area contributed by atoms with E-state index in [1.54, 1.807) is 11.8 Å². The number of para-hydroxylation sites is 2. The van der Waals surface area contributed by atoms with Gasteiger partial charge in [0.05, 0.1) is 11.0 Å². The van der Waals surface area contributed by atoms with Crippen LogP contribution in [0.15, 0.2) is 41.6 Å². The molecule has 0 unspecified atom stereocenters. The highest BCUT2D eigenvalue weighted by Gasteiger charge is 2.00. The second-order valence-corrected chi connectivity index (χ2v) is 4.09. The normalized spacial score (nSPS) is 11.5. The summed E-state index contributed by atoms with van der Waals surface area (Å²) >= 11 is 1.68. The van der Waals surface area contributed by atoms with Crippen LogP contribution >= 0.6 is 11.8 Å². The van der Waals surface area contributed by atoms with Gasteiger partial charge in [0.1, 0.15) is 0 Å². The number of hydrogen-bond acceptors (Lipinski definition) is 3. The molecule has 0 atom stereocenters. The highest BCUT2D eigenvalue weighted by atomic mass is 32.2. The molecule has 3 nitrogen and oxygen atoms in total. The predicted molar refractivity (Wildman–Crippen MR) is 65.0 cm³/mol. The number of nitrogens with one attached hydrogen (secondary N) is 1. The van der Waals surface area contributed by atoms with E-state index >= 15 is 0 Å². The van der Waals surface area contributed by atoms with Crippen LogP contribution in [0, 0.1) is 0 Å². The van der Waals surface area contributed by atoms with Crippen molar-refractivity contribution in [1.29, 1.82) is 0 Å². The number of nitrogens with two attached hydrogens (primary N) is 1. The molecule has 4 heteroatoms. The number of aromatic amines is 1. The van der Waals surface area contributed by atoms with Crippen LogP contribution in [0.4, 0.5) is 0 Å². The van der Waals surface area contributed by atoms with Crippen molar-refractivity contribution < 1.29 is 0 Å². The van der Waals surface area contributed by atoms with Crippen molar-refractivity contribution in [3.8, 4) is 0 Å². The summed E-state index contributed by atoms with van der Waals surface area (Å²) < 4.78 is 0. The summed E-state index contributed by atoms with van der Waals surface area (Å²) in [4.78, 5) is 7.71. The molecular weight excluding hydrogens is 206 g/mol. The Morgan fingerprint density at radius 1 is 1.33 bits per heavy atom. The van der Waals surface area contributed by atoms with Crippen LogP contribution in [-0.4, -0.2) is 22.3 Å². The average Bonchev–Trinajstić information content (AvgIpc) is 2.67. The number of hydrogen-bond donors (Lipinski definition) is 2. The van der Waals surface area contributed by atoms with E-state index in [9.17, 15) is 0 Å². The fourth-order valence-electron chi connectivity index (χ4n) is 1.29. The summed E-state index contributed by atoms with van der Waals surface area (Å²) in [7, 11) is 0. The van der Waals surface area contributed by atoms with E-state index in [1.165, 1.54) is 0 Å². The lowest BCUT2D eigenvalue weighted by Gasteiger charge is -1.89. The topological polar surface area (TPSA) is 54.7 Å². The number of aromatic nitrogens is 2. The van der Waals surface area contributed by atoms with Crippen molar-refractivity contribution in [2.75, 3.05) is 12.3 Å². The first-order chi connectivity index (χ1) is 7.40. The van der Waals surface area contributed by atoms with E-state index in [0.717, 1.165) is 21.9 Å². The molecule has 1 heterocycles. The highest BCUT2D eigenvalue weighted by molar-refractivity contribution is 7.99. The zero-order valence-electron chi connectivity index (χ0n) is 8.31. The van der Waals surface area contributed by atoms with Crippen LogP contribution in [0.5, 0.6) is 0 Å². The summed E-state index contributed by atoms with van der Waals surface area (Å²) in [5.41, 5.74) is 7.45. The Morgan fingerprint density at radius 2 is 2.20 bits per heavy atom. The Balaban J connectivity index is 2.05. The lowest BCUT2D eigenvalue weighted by molar-refractivity contribution is 1.08. The molecule has 78 valence electrons. The van der Waals surface area contributed by atoms with Crippen molar-refractivity contribution in [1.82, 2.24) is 9.97 Å². The van der Waals surface area contributed by atoms with Gasteiger partial charge in [0.2, 0.25) is 0 Å². The Kier molecular flexibility index (Phi) is 3.42.